The van der Waals surface area contributed by atoms with Crippen LogP contribution in [0.15, 0.2) is 12.4 Å². The van der Waals surface area contributed by atoms with Crippen LogP contribution in [0.2, 0.25) is 0 Å². The molecule has 1 aliphatic heterocycles. The average Bonchev–Trinajstić information content (AvgIpc) is 3.07. The van der Waals surface area contributed by atoms with Crippen LogP contribution in [0.1, 0.15) is 36.7 Å². The molecule has 1 aliphatic rings. The topological polar surface area (TPSA) is 101 Å². The van der Waals surface area contributed by atoms with Crippen LogP contribution in [0.5, 0.6) is 0 Å². The minimum absolute atomic E-state index is 0.175. The zero-order valence-electron chi connectivity index (χ0n) is 11.5. The minimum Gasteiger partial charge on any atom is -0.354 e. The summed E-state index contributed by atoms with van der Waals surface area (Å²) >= 11 is 0. The van der Waals surface area contributed by atoms with Crippen LogP contribution >= 0.6 is 0 Å². The molecule has 106 valence electrons. The molecule has 1 amide bonds. The number of aryl methyl sites for hydroxylation is 1. The number of anilines is 1. The highest BCUT2D eigenvalue weighted by Gasteiger charge is 2.28. The van der Waals surface area contributed by atoms with E-state index in [0.29, 0.717) is 11.8 Å². The molecule has 0 atom stereocenters. The third-order valence-corrected chi connectivity index (χ3v) is 3.22. The van der Waals surface area contributed by atoms with Crippen LogP contribution in [0.3, 0.4) is 0 Å². The molecule has 3 heterocycles. The Morgan fingerprint density at radius 3 is 3.05 bits per heavy atom. The number of carbonyl (C=O) groups excluding carboxylic acids is 1. The van der Waals surface area contributed by atoms with E-state index in [1.807, 2.05) is 13.8 Å². The molecule has 0 bridgehead atoms. The molecule has 0 unspecified atom stereocenters. The van der Waals surface area contributed by atoms with Crippen LogP contribution in [-0.2, 0) is 12.1 Å². The van der Waals surface area contributed by atoms with E-state index in [-0.39, 0.29) is 11.7 Å². The minimum atomic E-state index is -0.611. The van der Waals surface area contributed by atoms with Gasteiger partial charge in [0.05, 0.1) is 5.54 Å². The van der Waals surface area contributed by atoms with Gasteiger partial charge in [0, 0.05) is 25.5 Å². The van der Waals surface area contributed by atoms with Gasteiger partial charge in [0.25, 0.3) is 5.91 Å². The van der Waals surface area contributed by atoms with Crippen LogP contribution in [0.25, 0.3) is 0 Å². The normalized spacial score (nSPS) is 14.5. The summed E-state index contributed by atoms with van der Waals surface area (Å²) in [6.45, 7) is 5.39. The molecule has 0 aromatic carbocycles. The van der Waals surface area contributed by atoms with E-state index in [9.17, 15) is 4.79 Å². The van der Waals surface area contributed by atoms with Crippen molar-refractivity contribution in [1.29, 1.82) is 0 Å². The lowest BCUT2D eigenvalue weighted by atomic mass is 10.1. The highest BCUT2D eigenvalue weighted by Crippen LogP contribution is 2.16. The van der Waals surface area contributed by atoms with Crippen LogP contribution in [-0.4, -0.2) is 37.2 Å². The van der Waals surface area contributed by atoms with Gasteiger partial charge in [-0.3, -0.25) is 4.79 Å². The summed E-state index contributed by atoms with van der Waals surface area (Å²) in [7, 11) is 0. The van der Waals surface area contributed by atoms with Gasteiger partial charge in [-0.2, -0.15) is 4.98 Å². The van der Waals surface area contributed by atoms with Crippen molar-refractivity contribution in [2.45, 2.75) is 32.4 Å². The van der Waals surface area contributed by atoms with Gasteiger partial charge in [0.1, 0.15) is 5.82 Å². The van der Waals surface area contributed by atoms with Crippen molar-refractivity contribution in [3.05, 3.63) is 24.0 Å². The molecular weight excluding hydrogens is 258 g/mol. The molecule has 0 saturated carbocycles. The Morgan fingerprint density at radius 2 is 2.35 bits per heavy atom. The number of amides is 1. The van der Waals surface area contributed by atoms with Gasteiger partial charge in [-0.1, -0.05) is 0 Å². The molecule has 0 saturated heterocycles. The fourth-order valence-corrected chi connectivity index (χ4v) is 2.16. The van der Waals surface area contributed by atoms with E-state index in [4.69, 9.17) is 0 Å². The first-order valence-electron chi connectivity index (χ1n) is 6.57. The van der Waals surface area contributed by atoms with E-state index in [1.54, 1.807) is 17.1 Å². The van der Waals surface area contributed by atoms with Gasteiger partial charge in [0.15, 0.2) is 0 Å². The van der Waals surface area contributed by atoms with Gasteiger partial charge >= 0.3 is 0 Å². The number of aromatic amines is 1. The quantitative estimate of drug-likeness (QED) is 0.756. The highest BCUT2D eigenvalue weighted by atomic mass is 16.2. The molecule has 3 rings (SSSR count). The Hall–Kier alpha value is -2.38. The van der Waals surface area contributed by atoms with Gasteiger partial charge in [-0.05, 0) is 20.3 Å². The third-order valence-electron chi connectivity index (χ3n) is 3.22. The zero-order chi connectivity index (χ0) is 14.2. The lowest BCUT2D eigenvalue weighted by Crippen LogP contribution is -2.42. The van der Waals surface area contributed by atoms with Gasteiger partial charge in [0.2, 0.25) is 11.8 Å². The summed E-state index contributed by atoms with van der Waals surface area (Å²) in [5.74, 6) is 1.20. The summed E-state index contributed by atoms with van der Waals surface area (Å²) < 4.78 is 1.72. The maximum Gasteiger partial charge on any atom is 0.291 e. The summed E-state index contributed by atoms with van der Waals surface area (Å²) in [5, 5.41) is 10.2. The fraction of sp³-hybridized carbons (Fsp3) is 0.500. The first kappa shape index (κ1) is 12.6. The van der Waals surface area contributed by atoms with Crippen molar-refractivity contribution >= 4 is 11.9 Å². The van der Waals surface area contributed by atoms with E-state index < -0.39 is 5.54 Å². The van der Waals surface area contributed by atoms with Crippen molar-refractivity contribution in [3.63, 3.8) is 0 Å². The molecule has 0 fully saturated rings. The monoisotopic (exact) mass is 275 g/mol. The Labute approximate surface area is 116 Å². The Bertz CT molecular complexity index is 590. The van der Waals surface area contributed by atoms with Crippen molar-refractivity contribution in [1.82, 2.24) is 30.0 Å². The predicted molar refractivity (Wildman–Crippen MR) is 72.2 cm³/mol. The van der Waals surface area contributed by atoms with Crippen LogP contribution in [0, 0.1) is 0 Å². The molecule has 0 radical (unpaired) electrons. The number of H-pyrrole nitrogens is 1. The lowest BCUT2D eigenvalue weighted by molar-refractivity contribution is 0.0897. The standard InChI is InChI=1S/C12H17N7O/c1-12(2,10-13-5-6-14-10)17-9(20)8-16-11-15-4-3-7-19(11)18-8/h5-6H,3-4,7H2,1-2H3,(H,13,14)(H,17,20)(H,15,16,18). The largest absolute Gasteiger partial charge is 0.354 e. The summed E-state index contributed by atoms with van der Waals surface area (Å²) in [6.07, 6.45) is 4.36. The van der Waals surface area contributed by atoms with Crippen molar-refractivity contribution in [2.24, 2.45) is 0 Å². The second-order valence-electron chi connectivity index (χ2n) is 5.28. The highest BCUT2D eigenvalue weighted by molar-refractivity contribution is 5.91. The fourth-order valence-electron chi connectivity index (χ4n) is 2.16. The summed E-state index contributed by atoms with van der Waals surface area (Å²) in [6, 6.07) is 0. The number of aromatic nitrogens is 5. The van der Waals surface area contributed by atoms with Crippen molar-refractivity contribution < 1.29 is 4.79 Å². The molecule has 3 N–H and O–H groups in total. The van der Waals surface area contributed by atoms with Gasteiger partial charge in [-0.25, -0.2) is 9.67 Å². The Kier molecular flexibility index (Phi) is 2.92. The van der Waals surface area contributed by atoms with Crippen molar-refractivity contribution in [3.8, 4) is 0 Å². The Balaban J connectivity index is 1.78. The molecular formula is C12H17N7O. The third kappa shape index (κ3) is 2.24. The molecule has 0 spiro atoms. The first-order valence-corrected chi connectivity index (χ1v) is 6.57. The van der Waals surface area contributed by atoms with Crippen LogP contribution in [0.4, 0.5) is 5.95 Å². The van der Waals surface area contributed by atoms with Crippen LogP contribution < -0.4 is 10.6 Å². The number of hydrogen-bond donors (Lipinski definition) is 3. The van der Waals surface area contributed by atoms with Gasteiger partial charge < -0.3 is 15.6 Å². The number of nitrogens with zero attached hydrogens (tertiary/aromatic N) is 4. The molecule has 8 heteroatoms. The number of rotatable bonds is 3. The second kappa shape index (κ2) is 4.62. The number of hydrogen-bond acceptors (Lipinski definition) is 5. The van der Waals surface area contributed by atoms with Gasteiger partial charge in [-0.15, -0.1) is 5.10 Å². The van der Waals surface area contributed by atoms with Crippen molar-refractivity contribution in [2.75, 3.05) is 11.9 Å². The molecule has 2 aromatic heterocycles. The maximum atomic E-state index is 12.3. The maximum absolute atomic E-state index is 12.3. The molecule has 2 aromatic rings. The average molecular weight is 275 g/mol. The number of nitrogens with one attached hydrogen (secondary N) is 3. The number of fused-ring (bicyclic) bond motifs is 1. The van der Waals surface area contributed by atoms with E-state index in [0.717, 1.165) is 19.5 Å². The molecule has 0 aliphatic carbocycles. The smallest absolute Gasteiger partial charge is 0.291 e. The predicted octanol–water partition coefficient (Wildman–Crippen LogP) is 0.482. The van der Waals surface area contributed by atoms with E-state index in [1.165, 1.54) is 0 Å². The molecule has 8 nitrogen and oxygen atoms in total. The second-order valence-corrected chi connectivity index (χ2v) is 5.28. The number of carbonyl (C=O) groups is 1. The SMILES string of the molecule is CC(C)(NC(=O)c1nc2n(n1)CCCN2)c1ncc[nH]1. The summed E-state index contributed by atoms with van der Waals surface area (Å²) in [4.78, 5) is 23.6. The lowest BCUT2D eigenvalue weighted by Gasteiger charge is -2.22. The number of imidazole rings is 1. The Morgan fingerprint density at radius 1 is 1.50 bits per heavy atom. The zero-order valence-corrected chi connectivity index (χ0v) is 11.5. The first-order chi connectivity index (χ1) is 9.56. The summed E-state index contributed by atoms with van der Waals surface area (Å²) in [5.41, 5.74) is -0.611. The van der Waals surface area contributed by atoms with E-state index >= 15 is 0 Å². The molecule has 20 heavy (non-hydrogen) atoms. The van der Waals surface area contributed by atoms with E-state index in [2.05, 4.69) is 30.7 Å².